The minimum Gasteiger partial charge on any atom is -0.490 e. The number of nitrogens with zero attached hydrogens (tertiary/aromatic N) is 3. The molecular weight excluding hydrogens is 494 g/mol. The third-order valence-electron chi connectivity index (χ3n) is 6.32. The minimum absolute atomic E-state index is 0.0828. The molecule has 1 N–H and O–H groups in total. The molecule has 0 fully saturated rings. The van der Waals surface area contributed by atoms with Crippen LogP contribution in [0.5, 0.6) is 11.5 Å². The van der Waals surface area contributed by atoms with Gasteiger partial charge in [-0.05, 0) is 25.0 Å². The molecule has 0 amide bonds. The average Bonchev–Trinajstić information content (AvgIpc) is 3.00. The van der Waals surface area contributed by atoms with Gasteiger partial charge >= 0.3 is 5.97 Å². The Hall–Kier alpha value is -4.30. The van der Waals surface area contributed by atoms with Crippen molar-refractivity contribution in [3.63, 3.8) is 0 Å². The van der Waals surface area contributed by atoms with Gasteiger partial charge in [0.2, 0.25) is 0 Å². The molecule has 0 saturated heterocycles. The quantitative estimate of drug-likeness (QED) is 0.0870. The number of aromatic nitrogens is 3. The summed E-state index contributed by atoms with van der Waals surface area (Å²) in [4.78, 5) is 31.0. The Morgan fingerprint density at radius 3 is 2.00 bits per heavy atom. The first-order valence-electron chi connectivity index (χ1n) is 13.2. The number of carbonyl (C=O) groups excluding carboxylic acids is 1. The van der Waals surface area contributed by atoms with Gasteiger partial charge in [0.1, 0.15) is 19.0 Å². The smallest absolute Gasteiger partial charge is 0.309 e. The highest BCUT2D eigenvalue weighted by Crippen LogP contribution is 2.33. The van der Waals surface area contributed by atoms with Gasteiger partial charge < -0.3 is 14.4 Å². The maximum absolute atomic E-state index is 12.3. The first-order valence-corrected chi connectivity index (χ1v) is 13.2. The molecule has 3 aromatic carbocycles. The van der Waals surface area contributed by atoms with Crippen LogP contribution in [0.1, 0.15) is 39.5 Å². The molecular formula is C31H33N3O5. The van der Waals surface area contributed by atoms with E-state index in [2.05, 4.69) is 21.9 Å². The highest BCUT2D eigenvalue weighted by atomic mass is 17.1. The second-order valence-electron chi connectivity index (χ2n) is 9.05. The summed E-state index contributed by atoms with van der Waals surface area (Å²) in [5.74, 6) is 1.62. The zero-order valence-electron chi connectivity index (χ0n) is 22.2. The van der Waals surface area contributed by atoms with Gasteiger partial charge in [-0.3, -0.25) is 4.79 Å². The van der Waals surface area contributed by atoms with E-state index in [-0.39, 0.29) is 30.9 Å². The monoisotopic (exact) mass is 527 g/mol. The fraction of sp³-hybridized carbons (Fsp3) is 0.290. The molecule has 0 radical (unpaired) electrons. The van der Waals surface area contributed by atoms with Crippen LogP contribution in [0.15, 0.2) is 78.9 Å². The second-order valence-corrected chi connectivity index (χ2v) is 9.05. The van der Waals surface area contributed by atoms with Crippen molar-refractivity contribution in [1.82, 2.24) is 15.0 Å². The van der Waals surface area contributed by atoms with Crippen molar-refractivity contribution in [2.45, 2.75) is 39.5 Å². The van der Waals surface area contributed by atoms with E-state index in [9.17, 15) is 10.1 Å². The second kappa shape index (κ2) is 14.0. The molecule has 0 spiro atoms. The normalized spacial score (nSPS) is 11.6. The lowest BCUT2D eigenvalue weighted by molar-refractivity contribution is -0.149. The zero-order chi connectivity index (χ0) is 27.5. The standard InChI is InChI=1S/C31H33N3O5/c1-3-5-12-22(4-2)31(35)38-20-19-37-25-17-18-26(27(21-25)39-36)30-33-28(23-13-8-6-9-14-23)32-29(34-30)24-15-10-7-11-16-24/h6-11,13-18,21-22,36H,3-5,12,19-20H2,1-2H3. The topological polar surface area (TPSA) is 104 Å². The van der Waals surface area contributed by atoms with Crippen LogP contribution in [0.3, 0.4) is 0 Å². The molecule has 8 nitrogen and oxygen atoms in total. The highest BCUT2D eigenvalue weighted by molar-refractivity contribution is 5.72. The number of unbranched alkanes of at least 4 members (excludes halogenated alkanes) is 1. The van der Waals surface area contributed by atoms with Crippen molar-refractivity contribution in [2.24, 2.45) is 5.92 Å². The van der Waals surface area contributed by atoms with Crippen molar-refractivity contribution in [1.29, 1.82) is 0 Å². The molecule has 0 aliphatic rings. The van der Waals surface area contributed by atoms with Crippen molar-refractivity contribution < 1.29 is 24.4 Å². The summed E-state index contributed by atoms with van der Waals surface area (Å²) in [6.45, 7) is 4.40. The molecule has 0 aliphatic heterocycles. The molecule has 8 heteroatoms. The SMILES string of the molecule is CCCCC(CC)C(=O)OCCOc1ccc(-c2nc(-c3ccccc3)nc(-c3ccccc3)n2)c(OO)c1. The summed E-state index contributed by atoms with van der Waals surface area (Å²) in [6, 6.07) is 24.2. The summed E-state index contributed by atoms with van der Waals surface area (Å²) in [7, 11) is 0. The molecule has 0 saturated carbocycles. The Labute approximate surface area is 228 Å². The fourth-order valence-corrected chi connectivity index (χ4v) is 4.14. The van der Waals surface area contributed by atoms with Crippen molar-refractivity contribution >= 4 is 5.97 Å². The van der Waals surface area contributed by atoms with Gasteiger partial charge in [0.25, 0.3) is 0 Å². The van der Waals surface area contributed by atoms with Gasteiger partial charge in [0, 0.05) is 17.2 Å². The molecule has 1 atom stereocenters. The van der Waals surface area contributed by atoms with E-state index in [1.807, 2.05) is 67.6 Å². The lowest BCUT2D eigenvalue weighted by Gasteiger charge is -2.14. The average molecular weight is 528 g/mol. The molecule has 0 bridgehead atoms. The molecule has 1 heterocycles. The number of benzene rings is 3. The zero-order valence-corrected chi connectivity index (χ0v) is 22.2. The Morgan fingerprint density at radius 1 is 0.821 bits per heavy atom. The first-order chi connectivity index (χ1) is 19.1. The largest absolute Gasteiger partial charge is 0.490 e. The Bertz CT molecular complexity index is 1290. The van der Waals surface area contributed by atoms with Gasteiger partial charge in [0.05, 0.1) is 11.5 Å². The maximum atomic E-state index is 12.3. The first kappa shape index (κ1) is 27.7. The van der Waals surface area contributed by atoms with Crippen molar-refractivity contribution in [2.75, 3.05) is 13.2 Å². The predicted molar refractivity (Wildman–Crippen MR) is 149 cm³/mol. The third-order valence-corrected chi connectivity index (χ3v) is 6.32. The summed E-state index contributed by atoms with van der Waals surface area (Å²) >= 11 is 0. The predicted octanol–water partition coefficient (Wildman–Crippen LogP) is 6.86. The van der Waals surface area contributed by atoms with Crippen LogP contribution in [0.4, 0.5) is 0 Å². The third kappa shape index (κ3) is 7.39. The van der Waals surface area contributed by atoms with Gasteiger partial charge in [-0.1, -0.05) is 87.4 Å². The van der Waals surface area contributed by atoms with Crippen LogP contribution >= 0.6 is 0 Å². The molecule has 39 heavy (non-hydrogen) atoms. The summed E-state index contributed by atoms with van der Waals surface area (Å²) in [5.41, 5.74) is 2.13. The van der Waals surface area contributed by atoms with Crippen molar-refractivity contribution in [3.05, 3.63) is 78.9 Å². The minimum atomic E-state index is -0.192. The van der Waals surface area contributed by atoms with Crippen LogP contribution in [-0.4, -0.2) is 39.4 Å². The van der Waals surface area contributed by atoms with Crippen molar-refractivity contribution in [3.8, 4) is 45.7 Å². The van der Waals surface area contributed by atoms with Gasteiger partial charge in [0.15, 0.2) is 23.2 Å². The Kier molecular flexibility index (Phi) is 9.97. The van der Waals surface area contributed by atoms with Gasteiger partial charge in [-0.2, -0.15) is 0 Å². The Balaban J connectivity index is 1.53. The van der Waals surface area contributed by atoms with Crippen LogP contribution in [0, 0.1) is 5.92 Å². The number of esters is 1. The van der Waals surface area contributed by atoms with E-state index in [0.717, 1.165) is 36.8 Å². The van der Waals surface area contributed by atoms with E-state index in [1.54, 1.807) is 18.2 Å². The van der Waals surface area contributed by atoms with Crippen LogP contribution in [-0.2, 0) is 9.53 Å². The lowest BCUT2D eigenvalue weighted by atomic mass is 10.00. The van der Waals surface area contributed by atoms with E-state index >= 15 is 0 Å². The van der Waals surface area contributed by atoms with E-state index in [0.29, 0.717) is 28.8 Å². The van der Waals surface area contributed by atoms with E-state index in [1.165, 1.54) is 0 Å². The highest BCUT2D eigenvalue weighted by Gasteiger charge is 2.18. The molecule has 202 valence electrons. The molecule has 4 aromatic rings. The summed E-state index contributed by atoms with van der Waals surface area (Å²) in [6.07, 6.45) is 3.64. The maximum Gasteiger partial charge on any atom is 0.309 e. The van der Waals surface area contributed by atoms with Gasteiger partial charge in [-0.25, -0.2) is 20.2 Å². The lowest BCUT2D eigenvalue weighted by Crippen LogP contribution is -2.20. The summed E-state index contributed by atoms with van der Waals surface area (Å²) < 4.78 is 11.2. The van der Waals surface area contributed by atoms with E-state index < -0.39 is 0 Å². The number of carbonyl (C=O) groups is 1. The molecule has 4 rings (SSSR count). The van der Waals surface area contributed by atoms with Gasteiger partial charge in [-0.15, -0.1) is 0 Å². The van der Waals surface area contributed by atoms with E-state index in [4.69, 9.17) is 14.4 Å². The molecule has 1 aromatic heterocycles. The van der Waals surface area contributed by atoms with Crippen LogP contribution in [0.2, 0.25) is 0 Å². The van der Waals surface area contributed by atoms with Crippen LogP contribution in [0.25, 0.3) is 34.2 Å². The number of hydrogen-bond acceptors (Lipinski definition) is 8. The fourth-order valence-electron chi connectivity index (χ4n) is 4.14. The number of hydrogen-bond donors (Lipinski definition) is 1. The molecule has 0 aliphatic carbocycles. The molecule has 1 unspecified atom stereocenters. The number of rotatable bonds is 13. The number of ether oxygens (including phenoxy) is 2. The Morgan fingerprint density at radius 2 is 1.44 bits per heavy atom. The summed E-state index contributed by atoms with van der Waals surface area (Å²) in [5, 5.41) is 9.68. The van der Waals surface area contributed by atoms with Crippen LogP contribution < -0.4 is 9.62 Å².